The van der Waals surface area contributed by atoms with Crippen LogP contribution >= 0.6 is 11.6 Å². The monoisotopic (exact) mass is 228 g/mol. The lowest BCUT2D eigenvalue weighted by molar-refractivity contribution is 0.111. The summed E-state index contributed by atoms with van der Waals surface area (Å²) in [6, 6.07) is 1.47. The summed E-state index contributed by atoms with van der Waals surface area (Å²) in [6.07, 6.45) is 0.653. The first kappa shape index (κ1) is 10.3. The van der Waals surface area contributed by atoms with Gasteiger partial charge < -0.3 is 14.6 Å². The number of aliphatic hydroxyl groups excluding tert-OH is 1. The molecule has 1 aromatic rings. The van der Waals surface area contributed by atoms with Gasteiger partial charge in [-0.1, -0.05) is 11.6 Å². The zero-order valence-electron chi connectivity index (χ0n) is 7.83. The van der Waals surface area contributed by atoms with Gasteiger partial charge >= 0.3 is 0 Å². The Morgan fingerprint density at radius 2 is 2.07 bits per heavy atom. The van der Waals surface area contributed by atoms with Gasteiger partial charge in [0.15, 0.2) is 17.8 Å². The van der Waals surface area contributed by atoms with Crippen LogP contribution < -0.4 is 9.47 Å². The number of aliphatic hydroxyl groups is 1. The first-order valence-corrected chi connectivity index (χ1v) is 4.82. The first-order valence-electron chi connectivity index (χ1n) is 4.45. The zero-order chi connectivity index (χ0) is 10.8. The average Bonchev–Trinajstić information content (AvgIpc) is 2.28. The van der Waals surface area contributed by atoms with Crippen molar-refractivity contribution in [3.8, 4) is 11.5 Å². The largest absolute Gasteiger partial charge is 0.486 e. The molecule has 0 bridgehead atoms. The predicted octanol–water partition coefficient (Wildman–Crippen LogP) is 1.42. The van der Waals surface area contributed by atoms with Crippen molar-refractivity contribution < 1.29 is 19.4 Å². The molecule has 1 N–H and O–H groups in total. The number of halogens is 1. The van der Waals surface area contributed by atoms with E-state index in [0.29, 0.717) is 47.1 Å². The van der Waals surface area contributed by atoms with Crippen molar-refractivity contribution in [3.05, 3.63) is 22.2 Å². The van der Waals surface area contributed by atoms with Crippen LogP contribution in [0.3, 0.4) is 0 Å². The molecule has 0 fully saturated rings. The van der Waals surface area contributed by atoms with Gasteiger partial charge in [0, 0.05) is 5.56 Å². The van der Waals surface area contributed by atoms with E-state index in [0.717, 1.165) is 0 Å². The molecule has 1 aliphatic heterocycles. The molecular formula is C10H9ClO4. The number of aldehydes is 1. The summed E-state index contributed by atoms with van der Waals surface area (Å²) in [5.74, 6) is 0.739. The number of hydrogen-bond donors (Lipinski definition) is 1. The molecule has 0 aliphatic carbocycles. The second-order valence-electron chi connectivity index (χ2n) is 3.06. The molecule has 2 rings (SSSR count). The Hall–Kier alpha value is -1.26. The molecule has 15 heavy (non-hydrogen) atoms. The third-order valence-corrected chi connectivity index (χ3v) is 2.51. The Balaban J connectivity index is 2.65. The lowest BCUT2D eigenvalue weighted by atomic mass is 10.1. The molecule has 0 saturated carbocycles. The van der Waals surface area contributed by atoms with E-state index in [1.54, 1.807) is 0 Å². The molecule has 0 atom stereocenters. The van der Waals surface area contributed by atoms with Gasteiger partial charge in [0.05, 0.1) is 17.2 Å². The minimum absolute atomic E-state index is 0.246. The standard InChI is InChI=1S/C10H9ClO4/c11-8-3-6(4-12)9-10(7(8)5-13)15-2-1-14-9/h3-4,13H,1-2,5H2. The smallest absolute Gasteiger partial charge is 0.172 e. The number of carbonyl (C=O) groups is 1. The van der Waals surface area contributed by atoms with Gasteiger partial charge in [0.25, 0.3) is 0 Å². The van der Waals surface area contributed by atoms with Crippen molar-refractivity contribution in [2.24, 2.45) is 0 Å². The maximum absolute atomic E-state index is 10.8. The third-order valence-electron chi connectivity index (χ3n) is 2.17. The van der Waals surface area contributed by atoms with E-state index in [2.05, 4.69) is 0 Å². The molecule has 4 nitrogen and oxygen atoms in total. The van der Waals surface area contributed by atoms with Crippen molar-refractivity contribution in [1.82, 2.24) is 0 Å². The number of ether oxygens (including phenoxy) is 2. The van der Waals surface area contributed by atoms with Gasteiger partial charge in [0.1, 0.15) is 13.2 Å². The summed E-state index contributed by atoms with van der Waals surface area (Å²) in [4.78, 5) is 10.8. The summed E-state index contributed by atoms with van der Waals surface area (Å²) in [5, 5.41) is 9.44. The van der Waals surface area contributed by atoms with Gasteiger partial charge in [-0.2, -0.15) is 0 Å². The lowest BCUT2D eigenvalue weighted by Gasteiger charge is -2.22. The quantitative estimate of drug-likeness (QED) is 0.778. The Bertz CT molecular complexity index is 403. The number of hydrogen-bond acceptors (Lipinski definition) is 4. The van der Waals surface area contributed by atoms with Gasteiger partial charge in [-0.25, -0.2) is 0 Å². The summed E-state index contributed by atoms with van der Waals surface area (Å²) < 4.78 is 10.7. The van der Waals surface area contributed by atoms with Crippen LogP contribution in [0.2, 0.25) is 5.02 Å². The normalized spacial score (nSPS) is 13.7. The molecule has 0 unspecified atom stereocenters. The fourth-order valence-electron chi connectivity index (χ4n) is 1.49. The molecule has 0 amide bonds. The molecule has 1 aliphatic rings. The van der Waals surface area contributed by atoms with Crippen LogP contribution in [0.15, 0.2) is 6.07 Å². The van der Waals surface area contributed by atoms with E-state index in [1.807, 2.05) is 0 Å². The van der Waals surface area contributed by atoms with Crippen molar-refractivity contribution in [3.63, 3.8) is 0 Å². The second kappa shape index (κ2) is 4.08. The molecule has 1 heterocycles. The lowest BCUT2D eigenvalue weighted by Crippen LogP contribution is -2.18. The molecule has 0 aromatic heterocycles. The van der Waals surface area contributed by atoms with Gasteiger partial charge in [0.2, 0.25) is 0 Å². The SMILES string of the molecule is O=Cc1cc(Cl)c(CO)c2c1OCCO2. The minimum atomic E-state index is -0.246. The topological polar surface area (TPSA) is 55.8 Å². The molecule has 5 heteroatoms. The highest BCUT2D eigenvalue weighted by Crippen LogP contribution is 2.40. The summed E-state index contributed by atoms with van der Waals surface area (Å²) >= 11 is 5.89. The van der Waals surface area contributed by atoms with Crippen molar-refractivity contribution in [1.29, 1.82) is 0 Å². The Kier molecular flexibility index (Phi) is 2.79. The average molecular weight is 229 g/mol. The summed E-state index contributed by atoms with van der Waals surface area (Å²) in [6.45, 7) is 0.530. The Morgan fingerprint density at radius 3 is 2.67 bits per heavy atom. The molecule has 0 saturated heterocycles. The van der Waals surface area contributed by atoms with Crippen LogP contribution in [0.5, 0.6) is 11.5 Å². The van der Waals surface area contributed by atoms with E-state index < -0.39 is 0 Å². The third kappa shape index (κ3) is 1.66. The molecular weight excluding hydrogens is 220 g/mol. The van der Waals surface area contributed by atoms with E-state index in [-0.39, 0.29) is 6.61 Å². The molecule has 1 aromatic carbocycles. The van der Waals surface area contributed by atoms with Crippen LogP contribution in [-0.4, -0.2) is 24.6 Å². The summed E-state index contributed by atoms with van der Waals surface area (Å²) in [5.41, 5.74) is 0.795. The van der Waals surface area contributed by atoms with Crippen molar-refractivity contribution in [2.45, 2.75) is 6.61 Å². The summed E-state index contributed by atoms with van der Waals surface area (Å²) in [7, 11) is 0. The van der Waals surface area contributed by atoms with Gasteiger partial charge in [-0.3, -0.25) is 4.79 Å². The van der Waals surface area contributed by atoms with Crippen molar-refractivity contribution >= 4 is 17.9 Å². The maximum atomic E-state index is 10.8. The Labute approximate surface area is 91.4 Å². The van der Waals surface area contributed by atoms with Gasteiger partial charge in [-0.15, -0.1) is 0 Å². The Morgan fingerprint density at radius 1 is 1.40 bits per heavy atom. The fraction of sp³-hybridized carbons (Fsp3) is 0.300. The van der Waals surface area contributed by atoms with E-state index >= 15 is 0 Å². The van der Waals surface area contributed by atoms with Crippen LogP contribution in [0.4, 0.5) is 0 Å². The number of benzene rings is 1. The fourth-order valence-corrected chi connectivity index (χ4v) is 1.75. The van der Waals surface area contributed by atoms with Crippen LogP contribution in [0, 0.1) is 0 Å². The first-order chi connectivity index (χ1) is 7.27. The highest BCUT2D eigenvalue weighted by molar-refractivity contribution is 6.32. The maximum Gasteiger partial charge on any atom is 0.172 e. The molecule has 80 valence electrons. The van der Waals surface area contributed by atoms with Crippen LogP contribution in [-0.2, 0) is 6.61 Å². The highest BCUT2D eigenvalue weighted by atomic mass is 35.5. The van der Waals surface area contributed by atoms with Crippen LogP contribution in [0.1, 0.15) is 15.9 Å². The van der Waals surface area contributed by atoms with Gasteiger partial charge in [-0.05, 0) is 6.07 Å². The highest BCUT2D eigenvalue weighted by Gasteiger charge is 2.22. The number of fused-ring (bicyclic) bond motifs is 1. The minimum Gasteiger partial charge on any atom is -0.486 e. The zero-order valence-corrected chi connectivity index (χ0v) is 8.58. The number of rotatable bonds is 2. The van der Waals surface area contributed by atoms with E-state index in [1.165, 1.54) is 6.07 Å². The van der Waals surface area contributed by atoms with Crippen molar-refractivity contribution in [2.75, 3.05) is 13.2 Å². The molecule has 0 radical (unpaired) electrons. The predicted molar refractivity (Wildman–Crippen MR) is 53.8 cm³/mol. The second-order valence-corrected chi connectivity index (χ2v) is 3.46. The molecule has 0 spiro atoms. The van der Waals surface area contributed by atoms with E-state index in [9.17, 15) is 4.79 Å². The van der Waals surface area contributed by atoms with Crippen LogP contribution in [0.25, 0.3) is 0 Å². The van der Waals surface area contributed by atoms with E-state index in [4.69, 9.17) is 26.2 Å². The number of carbonyl (C=O) groups excluding carboxylic acids is 1.